The predicted octanol–water partition coefficient (Wildman–Crippen LogP) is 0.338. The Labute approximate surface area is 99.6 Å². The molecule has 1 saturated heterocycles. The lowest BCUT2D eigenvalue weighted by molar-refractivity contribution is -0.126. The number of anilines is 1. The molecule has 0 aliphatic carbocycles. The van der Waals surface area contributed by atoms with E-state index in [1.807, 2.05) is 31.2 Å². The molecule has 2 amide bonds. The fraction of sp³-hybridized carbons (Fsp3) is 0.333. The van der Waals surface area contributed by atoms with Crippen molar-refractivity contribution < 1.29 is 9.59 Å². The third-order valence-electron chi connectivity index (χ3n) is 2.98. The number of benzene rings is 1. The van der Waals surface area contributed by atoms with Crippen LogP contribution in [-0.4, -0.2) is 18.4 Å². The van der Waals surface area contributed by atoms with Gasteiger partial charge in [0.25, 0.3) is 0 Å². The standard InChI is InChI=1S/C12H15N3O2/c1-8-2-4-10(5-3-8)15-7-9(6-11(15)16)12(17)14-13/h2-5,9H,6-7,13H2,1H3,(H,14,17). The first-order valence-electron chi connectivity index (χ1n) is 5.49. The first-order valence-corrected chi connectivity index (χ1v) is 5.49. The van der Waals surface area contributed by atoms with Crippen molar-refractivity contribution in [3.8, 4) is 0 Å². The van der Waals surface area contributed by atoms with Crippen molar-refractivity contribution in [1.82, 2.24) is 5.43 Å². The number of carbonyl (C=O) groups excluding carboxylic acids is 2. The molecule has 1 aromatic carbocycles. The topological polar surface area (TPSA) is 75.4 Å². The SMILES string of the molecule is Cc1ccc(N2CC(C(=O)NN)CC2=O)cc1. The van der Waals surface area contributed by atoms with Gasteiger partial charge < -0.3 is 4.90 Å². The summed E-state index contributed by atoms with van der Waals surface area (Å²) in [5.74, 6) is 4.40. The first kappa shape index (κ1) is 11.6. The van der Waals surface area contributed by atoms with Gasteiger partial charge in [-0.3, -0.25) is 15.0 Å². The third-order valence-corrected chi connectivity index (χ3v) is 2.98. The summed E-state index contributed by atoms with van der Waals surface area (Å²) < 4.78 is 0. The Morgan fingerprint density at radius 2 is 2.06 bits per heavy atom. The van der Waals surface area contributed by atoms with Crippen molar-refractivity contribution in [3.05, 3.63) is 29.8 Å². The molecule has 1 heterocycles. The molecule has 0 radical (unpaired) electrons. The molecule has 90 valence electrons. The lowest BCUT2D eigenvalue weighted by atomic mass is 10.1. The highest BCUT2D eigenvalue weighted by Gasteiger charge is 2.34. The van der Waals surface area contributed by atoms with Gasteiger partial charge in [-0.1, -0.05) is 17.7 Å². The number of hydrogen-bond acceptors (Lipinski definition) is 3. The largest absolute Gasteiger partial charge is 0.312 e. The van der Waals surface area contributed by atoms with Gasteiger partial charge in [0, 0.05) is 18.7 Å². The Hall–Kier alpha value is -1.88. The van der Waals surface area contributed by atoms with Crippen LogP contribution in [0.5, 0.6) is 0 Å². The van der Waals surface area contributed by atoms with Crippen LogP contribution in [0.1, 0.15) is 12.0 Å². The van der Waals surface area contributed by atoms with E-state index in [0.717, 1.165) is 11.3 Å². The Balaban J connectivity index is 2.15. The van der Waals surface area contributed by atoms with E-state index in [9.17, 15) is 9.59 Å². The average molecular weight is 233 g/mol. The van der Waals surface area contributed by atoms with Gasteiger partial charge in [0.1, 0.15) is 0 Å². The van der Waals surface area contributed by atoms with Crippen LogP contribution in [0.25, 0.3) is 0 Å². The van der Waals surface area contributed by atoms with Crippen molar-refractivity contribution in [2.75, 3.05) is 11.4 Å². The van der Waals surface area contributed by atoms with Crippen LogP contribution >= 0.6 is 0 Å². The lowest BCUT2D eigenvalue weighted by Gasteiger charge is -2.16. The molecule has 1 aromatic rings. The molecule has 1 aliphatic heterocycles. The minimum absolute atomic E-state index is 0.0394. The van der Waals surface area contributed by atoms with E-state index >= 15 is 0 Å². The number of nitrogens with zero attached hydrogens (tertiary/aromatic N) is 1. The number of carbonyl (C=O) groups is 2. The van der Waals surface area contributed by atoms with Crippen LogP contribution in [0, 0.1) is 12.8 Å². The van der Waals surface area contributed by atoms with Gasteiger partial charge in [-0.15, -0.1) is 0 Å². The smallest absolute Gasteiger partial charge is 0.239 e. The fourth-order valence-corrected chi connectivity index (χ4v) is 1.98. The first-order chi connectivity index (χ1) is 8.11. The highest BCUT2D eigenvalue weighted by molar-refractivity contribution is 6.00. The van der Waals surface area contributed by atoms with Gasteiger partial charge in [-0.05, 0) is 19.1 Å². The Bertz CT molecular complexity index is 442. The van der Waals surface area contributed by atoms with Crippen LogP contribution in [-0.2, 0) is 9.59 Å². The second-order valence-corrected chi connectivity index (χ2v) is 4.25. The molecule has 0 spiro atoms. The summed E-state index contributed by atoms with van der Waals surface area (Å²) >= 11 is 0. The van der Waals surface area contributed by atoms with Crippen molar-refractivity contribution >= 4 is 17.5 Å². The highest BCUT2D eigenvalue weighted by atomic mass is 16.2. The summed E-state index contributed by atoms with van der Waals surface area (Å²) in [5, 5.41) is 0. The quantitative estimate of drug-likeness (QED) is 0.439. The van der Waals surface area contributed by atoms with E-state index in [1.54, 1.807) is 4.90 Å². The second kappa shape index (κ2) is 4.55. The maximum absolute atomic E-state index is 11.8. The van der Waals surface area contributed by atoms with E-state index < -0.39 is 0 Å². The monoisotopic (exact) mass is 233 g/mol. The number of nitrogens with two attached hydrogens (primary N) is 1. The molecule has 1 aliphatic rings. The third kappa shape index (κ3) is 2.29. The van der Waals surface area contributed by atoms with Crippen LogP contribution in [0.4, 0.5) is 5.69 Å². The molecule has 3 N–H and O–H groups in total. The maximum atomic E-state index is 11.8. The zero-order chi connectivity index (χ0) is 12.4. The van der Waals surface area contributed by atoms with Crippen LogP contribution in [0.3, 0.4) is 0 Å². The summed E-state index contributed by atoms with van der Waals surface area (Å²) in [6, 6.07) is 7.66. The maximum Gasteiger partial charge on any atom is 0.239 e. The summed E-state index contributed by atoms with van der Waals surface area (Å²) in [6.07, 6.45) is 0.219. The molecular formula is C12H15N3O2. The van der Waals surface area contributed by atoms with E-state index in [-0.39, 0.29) is 24.2 Å². The van der Waals surface area contributed by atoms with Crippen LogP contribution in [0.2, 0.25) is 0 Å². The molecule has 5 nitrogen and oxygen atoms in total. The molecule has 1 atom stereocenters. The zero-order valence-corrected chi connectivity index (χ0v) is 9.64. The van der Waals surface area contributed by atoms with Gasteiger partial charge in [-0.2, -0.15) is 0 Å². The normalized spacial score (nSPS) is 19.5. The number of hydrazine groups is 1. The van der Waals surface area contributed by atoms with E-state index in [4.69, 9.17) is 5.84 Å². The van der Waals surface area contributed by atoms with Crippen LogP contribution < -0.4 is 16.2 Å². The van der Waals surface area contributed by atoms with E-state index in [2.05, 4.69) is 5.43 Å². The zero-order valence-electron chi connectivity index (χ0n) is 9.64. The van der Waals surface area contributed by atoms with E-state index in [0.29, 0.717) is 6.54 Å². The van der Waals surface area contributed by atoms with Crippen molar-refractivity contribution in [1.29, 1.82) is 0 Å². The summed E-state index contributed by atoms with van der Waals surface area (Å²) in [6.45, 7) is 2.38. The molecule has 0 bridgehead atoms. The molecule has 5 heteroatoms. The number of rotatable bonds is 2. The Morgan fingerprint density at radius 1 is 1.41 bits per heavy atom. The highest BCUT2D eigenvalue weighted by Crippen LogP contribution is 2.25. The summed E-state index contributed by atoms with van der Waals surface area (Å²) in [7, 11) is 0. The van der Waals surface area contributed by atoms with Crippen molar-refractivity contribution in [2.45, 2.75) is 13.3 Å². The predicted molar refractivity (Wildman–Crippen MR) is 64.0 cm³/mol. The van der Waals surface area contributed by atoms with Crippen molar-refractivity contribution in [2.24, 2.45) is 11.8 Å². The molecule has 0 aromatic heterocycles. The number of aryl methyl sites for hydroxylation is 1. The molecular weight excluding hydrogens is 218 g/mol. The summed E-state index contributed by atoms with van der Waals surface area (Å²) in [4.78, 5) is 24.8. The van der Waals surface area contributed by atoms with Crippen LogP contribution in [0.15, 0.2) is 24.3 Å². The average Bonchev–Trinajstić information content (AvgIpc) is 2.71. The fourth-order valence-electron chi connectivity index (χ4n) is 1.98. The Kier molecular flexibility index (Phi) is 3.10. The molecule has 17 heavy (non-hydrogen) atoms. The summed E-state index contributed by atoms with van der Waals surface area (Å²) in [5.41, 5.74) is 4.05. The van der Waals surface area contributed by atoms with E-state index in [1.165, 1.54) is 0 Å². The van der Waals surface area contributed by atoms with Gasteiger partial charge in [0.15, 0.2) is 0 Å². The van der Waals surface area contributed by atoms with Gasteiger partial charge in [0.2, 0.25) is 11.8 Å². The minimum Gasteiger partial charge on any atom is -0.312 e. The molecule has 0 saturated carbocycles. The number of nitrogens with one attached hydrogen (secondary N) is 1. The van der Waals surface area contributed by atoms with Gasteiger partial charge >= 0.3 is 0 Å². The van der Waals surface area contributed by atoms with Crippen molar-refractivity contribution in [3.63, 3.8) is 0 Å². The number of hydrogen-bond donors (Lipinski definition) is 2. The van der Waals surface area contributed by atoms with Gasteiger partial charge in [0.05, 0.1) is 5.92 Å². The lowest BCUT2D eigenvalue weighted by Crippen LogP contribution is -2.37. The molecule has 1 unspecified atom stereocenters. The number of amides is 2. The second-order valence-electron chi connectivity index (χ2n) is 4.25. The molecule has 1 fully saturated rings. The minimum atomic E-state index is -0.353. The molecule has 2 rings (SSSR count). The van der Waals surface area contributed by atoms with Gasteiger partial charge in [-0.25, -0.2) is 5.84 Å². The Morgan fingerprint density at radius 3 is 2.65 bits per heavy atom.